The summed E-state index contributed by atoms with van der Waals surface area (Å²) in [5, 5.41) is 10.9. The first kappa shape index (κ1) is 18.7. The number of carbonyl (C=O) groups is 2. The van der Waals surface area contributed by atoms with Crippen LogP contribution in [-0.2, 0) is 17.9 Å². The highest BCUT2D eigenvalue weighted by molar-refractivity contribution is 5.79. The molecular weight excluding hydrogens is 332 g/mol. The molecule has 8 nitrogen and oxygen atoms in total. The Hall–Kier alpha value is -2.12. The fourth-order valence-electron chi connectivity index (χ4n) is 4.10. The maximum Gasteiger partial charge on any atom is 0.317 e. The average molecular weight is 362 g/mol. The number of amides is 3. The molecule has 0 aromatic carbocycles. The monoisotopic (exact) mass is 362 g/mol. The van der Waals surface area contributed by atoms with Crippen molar-refractivity contribution in [3.05, 3.63) is 12.2 Å². The van der Waals surface area contributed by atoms with Gasteiger partial charge in [-0.3, -0.25) is 4.79 Å². The highest BCUT2D eigenvalue weighted by Gasteiger charge is 2.36. The van der Waals surface area contributed by atoms with Crippen molar-refractivity contribution in [2.24, 2.45) is 5.92 Å². The summed E-state index contributed by atoms with van der Waals surface area (Å²) in [7, 11) is 1.79. The molecule has 1 aliphatic carbocycles. The molecule has 1 atom stereocenters. The third-order valence-electron chi connectivity index (χ3n) is 5.44. The van der Waals surface area contributed by atoms with Crippen molar-refractivity contribution in [3.63, 3.8) is 0 Å². The van der Waals surface area contributed by atoms with Gasteiger partial charge in [0.15, 0.2) is 5.82 Å². The molecule has 3 amide bonds. The molecule has 1 saturated heterocycles. The van der Waals surface area contributed by atoms with E-state index in [1.807, 2.05) is 4.57 Å². The number of nitrogens with one attached hydrogen (secondary N) is 1. The molecule has 144 valence electrons. The minimum absolute atomic E-state index is 0.136. The lowest BCUT2D eigenvalue weighted by Crippen LogP contribution is -2.41. The fourth-order valence-corrected chi connectivity index (χ4v) is 4.10. The summed E-state index contributed by atoms with van der Waals surface area (Å²) in [4.78, 5) is 28.4. The zero-order valence-electron chi connectivity index (χ0n) is 15.9. The van der Waals surface area contributed by atoms with E-state index in [1.54, 1.807) is 18.3 Å². The molecule has 0 spiro atoms. The van der Waals surface area contributed by atoms with Gasteiger partial charge in [-0.15, -0.1) is 10.2 Å². The summed E-state index contributed by atoms with van der Waals surface area (Å²) in [5.74, 6) is 1.24. The molecular formula is C18H30N6O2. The SMILES string of the molecule is CCCn1cnnc1CNC(=O)N(C)CC1CC(=O)N(C2CCCC2)C1. The van der Waals surface area contributed by atoms with Gasteiger partial charge in [-0.25, -0.2) is 4.79 Å². The first-order chi connectivity index (χ1) is 12.6. The molecule has 8 heteroatoms. The van der Waals surface area contributed by atoms with Crippen molar-refractivity contribution in [1.82, 2.24) is 29.9 Å². The van der Waals surface area contributed by atoms with Crippen LogP contribution in [0.1, 0.15) is 51.3 Å². The van der Waals surface area contributed by atoms with E-state index in [2.05, 4.69) is 27.3 Å². The molecule has 26 heavy (non-hydrogen) atoms. The Kier molecular flexibility index (Phi) is 6.11. The lowest BCUT2D eigenvalue weighted by molar-refractivity contribution is -0.129. The number of nitrogens with zero attached hydrogens (tertiary/aromatic N) is 5. The van der Waals surface area contributed by atoms with Gasteiger partial charge in [0.2, 0.25) is 5.91 Å². The second kappa shape index (κ2) is 8.51. The molecule has 1 unspecified atom stereocenters. The molecule has 1 aliphatic heterocycles. The molecule has 3 rings (SSSR count). The van der Waals surface area contributed by atoms with E-state index in [-0.39, 0.29) is 17.9 Å². The zero-order chi connectivity index (χ0) is 18.5. The number of hydrogen-bond acceptors (Lipinski definition) is 4. The van der Waals surface area contributed by atoms with Gasteiger partial charge in [0.1, 0.15) is 6.33 Å². The van der Waals surface area contributed by atoms with Crippen LogP contribution in [0.2, 0.25) is 0 Å². The third-order valence-corrected chi connectivity index (χ3v) is 5.44. The van der Waals surface area contributed by atoms with E-state index in [1.165, 1.54) is 12.8 Å². The predicted octanol–water partition coefficient (Wildman–Crippen LogP) is 1.62. The van der Waals surface area contributed by atoms with Crippen LogP contribution in [0.15, 0.2) is 6.33 Å². The van der Waals surface area contributed by atoms with Gasteiger partial charge < -0.3 is 19.7 Å². The lowest BCUT2D eigenvalue weighted by Gasteiger charge is -2.25. The smallest absolute Gasteiger partial charge is 0.317 e. The Balaban J connectivity index is 1.45. The maximum absolute atomic E-state index is 12.4. The van der Waals surface area contributed by atoms with Crippen molar-refractivity contribution in [1.29, 1.82) is 0 Å². The second-order valence-electron chi connectivity index (χ2n) is 7.53. The van der Waals surface area contributed by atoms with Crippen LogP contribution in [0.25, 0.3) is 0 Å². The molecule has 0 bridgehead atoms. The van der Waals surface area contributed by atoms with Crippen molar-refractivity contribution >= 4 is 11.9 Å². The van der Waals surface area contributed by atoms with Crippen LogP contribution in [0.4, 0.5) is 4.79 Å². The van der Waals surface area contributed by atoms with E-state index in [0.717, 1.165) is 38.2 Å². The van der Waals surface area contributed by atoms with E-state index < -0.39 is 0 Å². The van der Waals surface area contributed by atoms with E-state index in [9.17, 15) is 9.59 Å². The van der Waals surface area contributed by atoms with Crippen molar-refractivity contribution in [2.45, 2.75) is 64.6 Å². The minimum Gasteiger partial charge on any atom is -0.339 e. The van der Waals surface area contributed by atoms with Gasteiger partial charge >= 0.3 is 6.03 Å². The van der Waals surface area contributed by atoms with Crippen LogP contribution >= 0.6 is 0 Å². The standard InChI is InChI=1S/C18H30N6O2/c1-3-8-23-13-20-21-16(23)10-19-18(26)22(2)11-14-9-17(25)24(12-14)15-6-4-5-7-15/h13-15H,3-12H2,1-2H3,(H,19,26). The largest absolute Gasteiger partial charge is 0.339 e. The van der Waals surface area contributed by atoms with Gasteiger partial charge in [-0.05, 0) is 19.3 Å². The maximum atomic E-state index is 12.4. The summed E-state index contributed by atoms with van der Waals surface area (Å²) in [6.07, 6.45) is 7.95. The van der Waals surface area contributed by atoms with Gasteiger partial charge in [0.25, 0.3) is 0 Å². The molecule has 1 aromatic heterocycles. The van der Waals surface area contributed by atoms with E-state index in [4.69, 9.17) is 0 Å². The highest BCUT2D eigenvalue weighted by atomic mass is 16.2. The molecule has 0 radical (unpaired) electrons. The summed E-state index contributed by atoms with van der Waals surface area (Å²) < 4.78 is 1.95. The predicted molar refractivity (Wildman–Crippen MR) is 97.3 cm³/mol. The Bertz CT molecular complexity index is 625. The van der Waals surface area contributed by atoms with Crippen LogP contribution in [-0.4, -0.2) is 62.7 Å². The molecule has 1 saturated carbocycles. The number of hydrogen-bond donors (Lipinski definition) is 1. The Labute approximate surface area is 154 Å². The normalized spacial score (nSPS) is 20.8. The summed E-state index contributed by atoms with van der Waals surface area (Å²) >= 11 is 0. The van der Waals surface area contributed by atoms with Crippen molar-refractivity contribution < 1.29 is 9.59 Å². The summed E-state index contributed by atoms with van der Waals surface area (Å²) in [5.41, 5.74) is 0. The molecule has 2 heterocycles. The molecule has 1 aromatic rings. The number of carbonyl (C=O) groups excluding carboxylic acids is 2. The zero-order valence-corrected chi connectivity index (χ0v) is 15.9. The first-order valence-corrected chi connectivity index (χ1v) is 9.73. The second-order valence-corrected chi connectivity index (χ2v) is 7.53. The molecule has 1 N–H and O–H groups in total. The van der Waals surface area contributed by atoms with Gasteiger partial charge in [0.05, 0.1) is 6.54 Å². The summed E-state index contributed by atoms with van der Waals surface area (Å²) in [6.45, 7) is 4.68. The topological polar surface area (TPSA) is 83.4 Å². The highest BCUT2D eigenvalue weighted by Crippen LogP contribution is 2.29. The lowest BCUT2D eigenvalue weighted by atomic mass is 10.1. The van der Waals surface area contributed by atoms with Crippen LogP contribution in [0.3, 0.4) is 0 Å². The molecule has 2 fully saturated rings. The molecule has 2 aliphatic rings. The van der Waals surface area contributed by atoms with Crippen LogP contribution in [0.5, 0.6) is 0 Å². The van der Waals surface area contributed by atoms with Crippen LogP contribution < -0.4 is 5.32 Å². The minimum atomic E-state index is -0.136. The quantitative estimate of drug-likeness (QED) is 0.799. The van der Waals surface area contributed by atoms with Gasteiger partial charge in [-0.1, -0.05) is 19.8 Å². The Morgan fingerprint density at radius 1 is 1.38 bits per heavy atom. The Morgan fingerprint density at radius 3 is 2.88 bits per heavy atom. The van der Waals surface area contributed by atoms with Gasteiger partial charge in [-0.2, -0.15) is 0 Å². The first-order valence-electron chi connectivity index (χ1n) is 9.73. The average Bonchev–Trinajstić information content (AvgIpc) is 3.34. The fraction of sp³-hybridized carbons (Fsp3) is 0.778. The summed E-state index contributed by atoms with van der Waals surface area (Å²) in [6, 6.07) is 0.291. The van der Waals surface area contributed by atoms with Crippen molar-refractivity contribution in [2.75, 3.05) is 20.1 Å². The number of aryl methyl sites for hydroxylation is 1. The number of likely N-dealkylation sites (tertiary alicyclic amines) is 1. The van der Waals surface area contributed by atoms with Gasteiger partial charge in [0, 0.05) is 45.1 Å². The number of aromatic nitrogens is 3. The Morgan fingerprint density at radius 2 is 2.15 bits per heavy atom. The number of urea groups is 1. The number of rotatable bonds is 7. The van der Waals surface area contributed by atoms with E-state index >= 15 is 0 Å². The third kappa shape index (κ3) is 4.34. The van der Waals surface area contributed by atoms with Crippen molar-refractivity contribution in [3.8, 4) is 0 Å². The van der Waals surface area contributed by atoms with E-state index in [0.29, 0.717) is 25.6 Å². The van der Waals surface area contributed by atoms with Crippen LogP contribution in [0, 0.1) is 5.92 Å².